The Hall–Kier alpha value is -1.31. The highest BCUT2D eigenvalue weighted by Gasteiger charge is 2.60. The number of aromatic hydroxyl groups is 1. The largest absolute Gasteiger partial charge is 0.508 e. The SMILES string of the molecule is CC(=O)[C@@H]1C[C@@]12CCc1ccc(O)cc12. The molecule has 0 unspecified atom stereocenters. The summed E-state index contributed by atoms with van der Waals surface area (Å²) < 4.78 is 0. The van der Waals surface area contributed by atoms with Crippen molar-refractivity contribution in [2.45, 2.75) is 31.6 Å². The van der Waals surface area contributed by atoms with Gasteiger partial charge in [0.2, 0.25) is 0 Å². The van der Waals surface area contributed by atoms with Gasteiger partial charge in [0.05, 0.1) is 0 Å². The number of carbonyl (C=O) groups excluding carboxylic acids is 1. The lowest BCUT2D eigenvalue weighted by atomic mass is 9.94. The van der Waals surface area contributed by atoms with Crippen LogP contribution in [0.4, 0.5) is 0 Å². The summed E-state index contributed by atoms with van der Waals surface area (Å²) in [6.07, 6.45) is 3.12. The summed E-state index contributed by atoms with van der Waals surface area (Å²) in [4.78, 5) is 11.4. The third-order valence-electron chi connectivity index (χ3n) is 4.04. The number of Topliss-reactive ketones (excluding diaryl/α,β-unsaturated/α-hetero) is 1. The Morgan fingerprint density at radius 2 is 2.33 bits per heavy atom. The first-order chi connectivity index (χ1) is 7.13. The molecule has 3 rings (SSSR count). The Kier molecular flexibility index (Phi) is 1.57. The van der Waals surface area contributed by atoms with Crippen molar-refractivity contribution in [2.24, 2.45) is 5.92 Å². The Morgan fingerprint density at radius 1 is 1.53 bits per heavy atom. The van der Waals surface area contributed by atoms with Crippen LogP contribution in [0.25, 0.3) is 0 Å². The van der Waals surface area contributed by atoms with Gasteiger partial charge in [-0.15, -0.1) is 0 Å². The van der Waals surface area contributed by atoms with E-state index in [0.717, 1.165) is 19.3 Å². The molecule has 0 amide bonds. The van der Waals surface area contributed by atoms with Gasteiger partial charge in [0.15, 0.2) is 0 Å². The van der Waals surface area contributed by atoms with Gasteiger partial charge in [-0.2, -0.15) is 0 Å². The molecule has 78 valence electrons. The Bertz CT molecular complexity index is 450. The number of benzene rings is 1. The highest BCUT2D eigenvalue weighted by atomic mass is 16.3. The molecule has 0 radical (unpaired) electrons. The predicted molar refractivity (Wildman–Crippen MR) is 56.9 cm³/mol. The van der Waals surface area contributed by atoms with Crippen molar-refractivity contribution in [1.82, 2.24) is 0 Å². The van der Waals surface area contributed by atoms with Gasteiger partial charge in [-0.1, -0.05) is 6.07 Å². The lowest BCUT2D eigenvalue weighted by molar-refractivity contribution is -0.118. The average Bonchev–Trinajstić information content (AvgIpc) is 2.81. The predicted octanol–water partition coefficient (Wildman–Crippen LogP) is 2.19. The summed E-state index contributed by atoms with van der Waals surface area (Å²) >= 11 is 0. The molecule has 0 aromatic heterocycles. The van der Waals surface area contributed by atoms with E-state index >= 15 is 0 Å². The molecule has 2 atom stereocenters. The molecule has 1 aromatic carbocycles. The molecule has 2 nitrogen and oxygen atoms in total. The van der Waals surface area contributed by atoms with E-state index in [1.807, 2.05) is 12.1 Å². The highest BCUT2D eigenvalue weighted by molar-refractivity contribution is 5.84. The Balaban J connectivity index is 2.06. The van der Waals surface area contributed by atoms with E-state index in [4.69, 9.17) is 0 Å². The fourth-order valence-corrected chi connectivity index (χ4v) is 3.15. The van der Waals surface area contributed by atoms with Gasteiger partial charge in [-0.05, 0) is 49.4 Å². The van der Waals surface area contributed by atoms with Crippen molar-refractivity contribution >= 4 is 5.78 Å². The zero-order chi connectivity index (χ0) is 10.6. The molecule has 1 aromatic rings. The molecular formula is C13H14O2. The van der Waals surface area contributed by atoms with Crippen molar-refractivity contribution in [2.75, 3.05) is 0 Å². The Labute approximate surface area is 88.9 Å². The van der Waals surface area contributed by atoms with Crippen LogP contribution in [0.15, 0.2) is 18.2 Å². The van der Waals surface area contributed by atoms with Crippen molar-refractivity contribution in [1.29, 1.82) is 0 Å². The lowest BCUT2D eigenvalue weighted by Gasteiger charge is -2.10. The van der Waals surface area contributed by atoms with Crippen LogP contribution in [0.1, 0.15) is 30.9 Å². The number of phenols is 1. The second kappa shape index (κ2) is 2.63. The third kappa shape index (κ3) is 1.08. The van der Waals surface area contributed by atoms with Crippen LogP contribution in [-0.4, -0.2) is 10.9 Å². The normalized spacial score (nSPS) is 31.7. The lowest BCUT2D eigenvalue weighted by Crippen LogP contribution is -2.09. The molecule has 1 fully saturated rings. The average molecular weight is 202 g/mol. The van der Waals surface area contributed by atoms with Gasteiger partial charge in [-0.25, -0.2) is 0 Å². The number of hydrogen-bond acceptors (Lipinski definition) is 2. The van der Waals surface area contributed by atoms with Crippen LogP contribution < -0.4 is 0 Å². The number of ketones is 1. The van der Waals surface area contributed by atoms with Crippen LogP contribution in [0.3, 0.4) is 0 Å². The minimum absolute atomic E-state index is 0.0971. The van der Waals surface area contributed by atoms with Crippen molar-refractivity contribution < 1.29 is 9.90 Å². The summed E-state index contributed by atoms with van der Waals surface area (Å²) in [5, 5.41) is 9.50. The maximum atomic E-state index is 11.4. The van der Waals surface area contributed by atoms with Gasteiger partial charge in [0, 0.05) is 11.3 Å². The fourth-order valence-electron chi connectivity index (χ4n) is 3.15. The molecule has 2 heteroatoms. The summed E-state index contributed by atoms with van der Waals surface area (Å²) in [7, 11) is 0. The van der Waals surface area contributed by atoms with Crippen molar-refractivity contribution in [3.8, 4) is 5.75 Å². The number of rotatable bonds is 1. The summed E-state index contributed by atoms with van der Waals surface area (Å²) in [6.45, 7) is 1.68. The van der Waals surface area contributed by atoms with Crippen LogP contribution in [0, 0.1) is 5.92 Å². The van der Waals surface area contributed by atoms with Crippen LogP contribution in [0.5, 0.6) is 5.75 Å². The van der Waals surface area contributed by atoms with E-state index in [9.17, 15) is 9.90 Å². The van der Waals surface area contributed by atoms with Gasteiger partial charge in [0.1, 0.15) is 11.5 Å². The van der Waals surface area contributed by atoms with Crippen LogP contribution in [0.2, 0.25) is 0 Å². The summed E-state index contributed by atoms with van der Waals surface area (Å²) in [6, 6.07) is 5.59. The zero-order valence-corrected chi connectivity index (χ0v) is 8.79. The van der Waals surface area contributed by atoms with Gasteiger partial charge < -0.3 is 5.11 Å². The zero-order valence-electron chi connectivity index (χ0n) is 8.79. The van der Waals surface area contributed by atoms with Crippen LogP contribution >= 0.6 is 0 Å². The highest BCUT2D eigenvalue weighted by Crippen LogP contribution is 2.62. The topological polar surface area (TPSA) is 37.3 Å². The number of hydrogen-bond donors (Lipinski definition) is 1. The molecule has 0 bridgehead atoms. The second-order valence-corrected chi connectivity index (χ2v) is 4.86. The first-order valence-electron chi connectivity index (χ1n) is 5.46. The maximum Gasteiger partial charge on any atom is 0.133 e. The number of phenolic OH excluding ortho intramolecular Hbond substituents is 1. The number of aryl methyl sites for hydroxylation is 1. The molecule has 2 aliphatic rings. The van der Waals surface area contributed by atoms with E-state index in [1.54, 1.807) is 13.0 Å². The third-order valence-corrected chi connectivity index (χ3v) is 4.04. The molecule has 1 saturated carbocycles. The minimum Gasteiger partial charge on any atom is -0.508 e. The van der Waals surface area contributed by atoms with E-state index in [1.165, 1.54) is 11.1 Å². The molecule has 0 heterocycles. The molecule has 1 N–H and O–H groups in total. The second-order valence-electron chi connectivity index (χ2n) is 4.86. The molecule has 15 heavy (non-hydrogen) atoms. The number of carbonyl (C=O) groups is 1. The molecule has 0 aliphatic heterocycles. The van der Waals surface area contributed by atoms with Gasteiger partial charge in [-0.3, -0.25) is 4.79 Å². The quantitative estimate of drug-likeness (QED) is 0.758. The molecule has 2 aliphatic carbocycles. The maximum absolute atomic E-state index is 11.4. The first kappa shape index (κ1) is 8.96. The molecular weight excluding hydrogens is 188 g/mol. The monoisotopic (exact) mass is 202 g/mol. The Morgan fingerprint density at radius 3 is 3.00 bits per heavy atom. The van der Waals surface area contributed by atoms with E-state index in [-0.39, 0.29) is 11.3 Å². The fraction of sp³-hybridized carbons (Fsp3) is 0.462. The van der Waals surface area contributed by atoms with Gasteiger partial charge in [0.25, 0.3) is 0 Å². The smallest absolute Gasteiger partial charge is 0.133 e. The van der Waals surface area contributed by atoms with E-state index in [0.29, 0.717) is 11.5 Å². The number of fused-ring (bicyclic) bond motifs is 2. The standard InChI is InChI=1S/C13H14O2/c1-8(14)12-7-13(12)5-4-9-2-3-10(15)6-11(9)13/h2-3,6,12,15H,4-5,7H2,1H3/t12-,13+/m0/s1. The summed E-state index contributed by atoms with van der Waals surface area (Å²) in [5.74, 6) is 0.830. The minimum atomic E-state index is 0.0971. The van der Waals surface area contributed by atoms with Crippen LogP contribution in [-0.2, 0) is 16.6 Å². The first-order valence-corrected chi connectivity index (χ1v) is 5.46. The van der Waals surface area contributed by atoms with E-state index in [2.05, 4.69) is 0 Å². The molecule has 0 saturated heterocycles. The van der Waals surface area contributed by atoms with Crippen molar-refractivity contribution in [3.63, 3.8) is 0 Å². The van der Waals surface area contributed by atoms with Crippen molar-refractivity contribution in [3.05, 3.63) is 29.3 Å². The molecule has 1 spiro atoms. The van der Waals surface area contributed by atoms with Gasteiger partial charge >= 0.3 is 0 Å². The van der Waals surface area contributed by atoms with E-state index < -0.39 is 0 Å². The summed E-state index contributed by atoms with van der Waals surface area (Å²) in [5.41, 5.74) is 2.64.